The third-order valence-corrected chi connectivity index (χ3v) is 10.4. The zero-order valence-corrected chi connectivity index (χ0v) is 29.0. The van der Waals surface area contributed by atoms with Gasteiger partial charge in [0.05, 0.1) is 16.7 Å². The summed E-state index contributed by atoms with van der Waals surface area (Å²) in [6.07, 6.45) is 0. The van der Waals surface area contributed by atoms with Gasteiger partial charge in [-0.3, -0.25) is 0 Å². The molecule has 0 amide bonds. The Kier molecular flexibility index (Phi) is 6.79. The van der Waals surface area contributed by atoms with Crippen LogP contribution >= 0.6 is 0 Å². The summed E-state index contributed by atoms with van der Waals surface area (Å²) in [6.45, 7) is 0. The molecule has 0 bridgehead atoms. The molecule has 11 rings (SSSR count). The van der Waals surface area contributed by atoms with E-state index in [-0.39, 0.29) is 0 Å². The van der Waals surface area contributed by atoms with Crippen molar-refractivity contribution in [1.29, 1.82) is 0 Å². The summed E-state index contributed by atoms with van der Waals surface area (Å²) >= 11 is 0. The Morgan fingerprint density at radius 2 is 0.981 bits per heavy atom. The molecule has 8 aromatic carbocycles. The minimum atomic E-state index is 0.583. The summed E-state index contributed by atoms with van der Waals surface area (Å²) in [5, 5.41) is 6.65. The van der Waals surface area contributed by atoms with Crippen LogP contribution in [0.5, 0.6) is 0 Å². The Morgan fingerprint density at radius 1 is 0.389 bits per heavy atom. The Labute approximate surface area is 310 Å². The normalized spacial score (nSPS) is 11.7. The van der Waals surface area contributed by atoms with Crippen molar-refractivity contribution in [1.82, 2.24) is 19.5 Å². The smallest absolute Gasteiger partial charge is 0.164 e. The molecule has 5 nitrogen and oxygen atoms in total. The minimum absolute atomic E-state index is 0.583. The Balaban J connectivity index is 1.22. The first-order chi connectivity index (χ1) is 26.8. The molecule has 0 unspecified atom stereocenters. The van der Waals surface area contributed by atoms with Crippen LogP contribution in [0.15, 0.2) is 186 Å². The zero-order valence-electron chi connectivity index (χ0n) is 29.0. The van der Waals surface area contributed by atoms with Crippen molar-refractivity contribution >= 4 is 54.5 Å². The Morgan fingerprint density at radius 3 is 1.72 bits per heavy atom. The van der Waals surface area contributed by atoms with E-state index in [1.54, 1.807) is 0 Å². The van der Waals surface area contributed by atoms with Gasteiger partial charge in [-0.25, -0.2) is 15.0 Å². The topological polar surface area (TPSA) is 56.7 Å². The molecular formula is C49H30N4O. The first-order valence-electron chi connectivity index (χ1n) is 18.1. The molecule has 0 spiro atoms. The molecule has 0 atom stereocenters. The first-order valence-corrected chi connectivity index (χ1v) is 18.1. The number of fused-ring (bicyclic) bond motifs is 7. The molecular weight excluding hydrogens is 661 g/mol. The van der Waals surface area contributed by atoms with Crippen molar-refractivity contribution < 1.29 is 4.42 Å². The van der Waals surface area contributed by atoms with Gasteiger partial charge in [-0.05, 0) is 58.3 Å². The predicted molar refractivity (Wildman–Crippen MR) is 221 cm³/mol. The minimum Gasteiger partial charge on any atom is -0.454 e. The summed E-state index contributed by atoms with van der Waals surface area (Å²) < 4.78 is 9.34. The van der Waals surface area contributed by atoms with Crippen molar-refractivity contribution in [2.45, 2.75) is 0 Å². The lowest BCUT2D eigenvalue weighted by atomic mass is 9.98. The zero-order chi connectivity index (χ0) is 35.6. The monoisotopic (exact) mass is 690 g/mol. The average molecular weight is 691 g/mol. The molecule has 0 saturated carbocycles. The maximum Gasteiger partial charge on any atom is 0.164 e. The number of benzene rings is 8. The standard InChI is InChI=1S/C49H30N4O/c1-3-14-31(15-4-1)36-29-40(49-51-47(33-17-5-2-6-18-33)50-48(52-49)35-27-26-32-16-7-8-19-34(32)28-35)45-39-22-13-25-43(46(39)54-44(45)30-36)53-41-23-11-9-20-37(41)38-21-10-12-24-42(38)53/h1-30H. The van der Waals surface area contributed by atoms with Crippen LogP contribution in [0.25, 0.3) is 105 Å². The van der Waals surface area contributed by atoms with Crippen molar-refractivity contribution in [3.8, 4) is 51.0 Å². The maximum atomic E-state index is 7.02. The molecule has 0 radical (unpaired) electrons. The van der Waals surface area contributed by atoms with E-state index in [1.807, 2.05) is 36.4 Å². The molecule has 54 heavy (non-hydrogen) atoms. The van der Waals surface area contributed by atoms with Gasteiger partial charge in [0.1, 0.15) is 5.58 Å². The Hall–Kier alpha value is -7.37. The summed E-state index contributed by atoms with van der Waals surface area (Å²) in [4.78, 5) is 15.6. The van der Waals surface area contributed by atoms with Gasteiger partial charge in [0.2, 0.25) is 0 Å². The maximum absolute atomic E-state index is 7.02. The van der Waals surface area contributed by atoms with Crippen molar-refractivity contribution in [2.75, 3.05) is 0 Å². The van der Waals surface area contributed by atoms with Crippen LogP contribution in [0.4, 0.5) is 0 Å². The number of aromatic nitrogens is 4. The fourth-order valence-electron chi connectivity index (χ4n) is 7.91. The molecule has 11 aromatic rings. The van der Waals surface area contributed by atoms with Gasteiger partial charge >= 0.3 is 0 Å². The molecule has 0 N–H and O–H groups in total. The lowest BCUT2D eigenvalue weighted by Gasteiger charge is -2.11. The van der Waals surface area contributed by atoms with Gasteiger partial charge in [-0.15, -0.1) is 0 Å². The lowest BCUT2D eigenvalue weighted by Crippen LogP contribution is -2.00. The van der Waals surface area contributed by atoms with Crippen LogP contribution in [-0.4, -0.2) is 19.5 Å². The van der Waals surface area contributed by atoms with Crippen LogP contribution in [0, 0.1) is 0 Å². The molecule has 0 aliphatic heterocycles. The van der Waals surface area contributed by atoms with Crippen LogP contribution in [0.2, 0.25) is 0 Å². The lowest BCUT2D eigenvalue weighted by molar-refractivity contribution is 0.666. The molecule has 252 valence electrons. The average Bonchev–Trinajstić information content (AvgIpc) is 3.80. The Bertz CT molecular complexity index is 3160. The highest BCUT2D eigenvalue weighted by Crippen LogP contribution is 2.43. The summed E-state index contributed by atoms with van der Waals surface area (Å²) in [5.74, 6) is 1.81. The summed E-state index contributed by atoms with van der Waals surface area (Å²) in [6, 6.07) is 63.2. The van der Waals surface area contributed by atoms with E-state index in [4.69, 9.17) is 19.4 Å². The second kappa shape index (κ2) is 12.1. The SMILES string of the molecule is c1ccc(-c2cc(-c3nc(-c4ccccc4)nc(-c4ccc5ccccc5c4)n3)c3c(c2)oc2c(-n4c5ccccc5c5ccccc54)cccc23)cc1. The van der Waals surface area contributed by atoms with Crippen molar-refractivity contribution in [3.05, 3.63) is 182 Å². The van der Waals surface area contributed by atoms with E-state index in [0.717, 1.165) is 71.9 Å². The van der Waals surface area contributed by atoms with Crippen LogP contribution in [-0.2, 0) is 0 Å². The van der Waals surface area contributed by atoms with Gasteiger partial charge in [0, 0.05) is 38.2 Å². The third-order valence-electron chi connectivity index (χ3n) is 10.4. The second-order valence-electron chi connectivity index (χ2n) is 13.6. The van der Waals surface area contributed by atoms with E-state index in [9.17, 15) is 0 Å². The molecule has 0 fully saturated rings. The van der Waals surface area contributed by atoms with Crippen LogP contribution in [0.1, 0.15) is 0 Å². The fraction of sp³-hybridized carbons (Fsp3) is 0. The van der Waals surface area contributed by atoms with E-state index in [0.29, 0.717) is 17.5 Å². The number of rotatable bonds is 5. The molecule has 5 heteroatoms. The number of nitrogens with zero attached hydrogens (tertiary/aromatic N) is 4. The van der Waals surface area contributed by atoms with Crippen LogP contribution < -0.4 is 0 Å². The number of hydrogen-bond donors (Lipinski definition) is 0. The van der Waals surface area contributed by atoms with E-state index < -0.39 is 0 Å². The quantitative estimate of drug-likeness (QED) is 0.180. The molecule has 3 heterocycles. The predicted octanol–water partition coefficient (Wildman–Crippen LogP) is 12.7. The highest BCUT2D eigenvalue weighted by Gasteiger charge is 2.23. The highest BCUT2D eigenvalue weighted by atomic mass is 16.3. The summed E-state index contributed by atoms with van der Waals surface area (Å²) in [5.41, 5.74) is 9.63. The van der Waals surface area contributed by atoms with Crippen LogP contribution in [0.3, 0.4) is 0 Å². The van der Waals surface area contributed by atoms with Gasteiger partial charge in [0.15, 0.2) is 23.1 Å². The van der Waals surface area contributed by atoms with E-state index >= 15 is 0 Å². The summed E-state index contributed by atoms with van der Waals surface area (Å²) in [7, 11) is 0. The van der Waals surface area contributed by atoms with Gasteiger partial charge < -0.3 is 8.98 Å². The van der Waals surface area contributed by atoms with Crippen molar-refractivity contribution in [2.24, 2.45) is 0 Å². The largest absolute Gasteiger partial charge is 0.454 e. The van der Waals surface area contributed by atoms with E-state index in [1.165, 1.54) is 16.2 Å². The molecule has 0 aliphatic carbocycles. The second-order valence-corrected chi connectivity index (χ2v) is 13.6. The molecule has 0 saturated heterocycles. The van der Waals surface area contributed by atoms with Crippen molar-refractivity contribution in [3.63, 3.8) is 0 Å². The first kappa shape index (κ1) is 30.3. The molecule has 0 aliphatic rings. The van der Waals surface area contributed by atoms with Gasteiger partial charge in [-0.1, -0.05) is 146 Å². The molecule has 3 aromatic heterocycles. The fourth-order valence-corrected chi connectivity index (χ4v) is 7.91. The number of furan rings is 1. The number of para-hydroxylation sites is 3. The van der Waals surface area contributed by atoms with Gasteiger partial charge in [-0.2, -0.15) is 0 Å². The van der Waals surface area contributed by atoms with Gasteiger partial charge in [0.25, 0.3) is 0 Å². The van der Waals surface area contributed by atoms with E-state index in [2.05, 4.69) is 150 Å². The third kappa shape index (κ3) is 4.83. The highest BCUT2D eigenvalue weighted by molar-refractivity contribution is 6.16. The number of hydrogen-bond acceptors (Lipinski definition) is 4.